The van der Waals surface area contributed by atoms with Crippen LogP contribution in [0.5, 0.6) is 0 Å². The van der Waals surface area contributed by atoms with E-state index in [0.29, 0.717) is 0 Å². The van der Waals surface area contributed by atoms with Crippen molar-refractivity contribution in [2.24, 2.45) is 0 Å². The molecule has 0 heterocycles. The van der Waals surface area contributed by atoms with Gasteiger partial charge in [0, 0.05) is 18.0 Å². The SMILES string of the molecule is O=C([O-])CC(NC(=O)c1ccccc1)C(=O)[O-].[K+].[K+]. The van der Waals surface area contributed by atoms with Gasteiger partial charge in [-0.1, -0.05) is 18.2 Å². The second-order valence-corrected chi connectivity index (χ2v) is 3.29. The van der Waals surface area contributed by atoms with Gasteiger partial charge in [0.2, 0.25) is 0 Å². The normalized spacial score (nSPS) is 10.3. The third-order valence-corrected chi connectivity index (χ3v) is 2.00. The average molecular weight is 313 g/mol. The molecule has 0 fully saturated rings. The van der Waals surface area contributed by atoms with Crippen LogP contribution in [0.25, 0.3) is 0 Å². The second-order valence-electron chi connectivity index (χ2n) is 3.29. The number of rotatable bonds is 5. The summed E-state index contributed by atoms with van der Waals surface area (Å²) < 4.78 is 0. The van der Waals surface area contributed by atoms with E-state index in [1.54, 1.807) is 18.2 Å². The Balaban J connectivity index is 0. The van der Waals surface area contributed by atoms with Gasteiger partial charge in [0.25, 0.3) is 5.91 Å². The van der Waals surface area contributed by atoms with Gasteiger partial charge in [-0.15, -0.1) is 0 Å². The van der Waals surface area contributed by atoms with Crippen LogP contribution in [-0.4, -0.2) is 23.9 Å². The van der Waals surface area contributed by atoms with E-state index in [4.69, 9.17) is 0 Å². The van der Waals surface area contributed by atoms with Gasteiger partial charge >= 0.3 is 103 Å². The van der Waals surface area contributed by atoms with E-state index in [1.807, 2.05) is 5.32 Å². The Kier molecular flexibility index (Phi) is 13.5. The van der Waals surface area contributed by atoms with Gasteiger partial charge in [-0.05, 0) is 12.1 Å². The first kappa shape index (κ1) is 22.2. The fraction of sp³-hybridized carbons (Fsp3) is 0.182. The van der Waals surface area contributed by atoms with E-state index in [1.165, 1.54) is 12.1 Å². The summed E-state index contributed by atoms with van der Waals surface area (Å²) in [5.74, 6) is -3.92. The molecule has 1 atom stereocenters. The van der Waals surface area contributed by atoms with Crippen molar-refractivity contribution in [3.05, 3.63) is 35.9 Å². The first-order valence-electron chi connectivity index (χ1n) is 4.77. The first-order valence-corrected chi connectivity index (χ1v) is 4.77. The Morgan fingerprint density at radius 1 is 1.05 bits per heavy atom. The van der Waals surface area contributed by atoms with Crippen molar-refractivity contribution in [3.8, 4) is 0 Å². The minimum absolute atomic E-state index is 0. The van der Waals surface area contributed by atoms with Crippen LogP contribution in [-0.2, 0) is 9.59 Å². The molecule has 1 aromatic carbocycles. The van der Waals surface area contributed by atoms with E-state index >= 15 is 0 Å². The molecular weight excluding hydrogens is 304 g/mol. The molecule has 0 aromatic heterocycles. The second kappa shape index (κ2) is 11.6. The third-order valence-electron chi connectivity index (χ3n) is 2.00. The number of nitrogens with one attached hydrogen (secondary N) is 1. The monoisotopic (exact) mass is 313 g/mol. The van der Waals surface area contributed by atoms with Crippen molar-refractivity contribution in [2.45, 2.75) is 12.5 Å². The Morgan fingerprint density at radius 3 is 2.00 bits per heavy atom. The Morgan fingerprint density at radius 2 is 1.58 bits per heavy atom. The van der Waals surface area contributed by atoms with Crippen LogP contribution in [0.2, 0.25) is 0 Å². The summed E-state index contributed by atoms with van der Waals surface area (Å²) in [7, 11) is 0. The van der Waals surface area contributed by atoms with Crippen LogP contribution >= 0.6 is 0 Å². The summed E-state index contributed by atoms with van der Waals surface area (Å²) in [6.07, 6.45) is -0.832. The van der Waals surface area contributed by atoms with Crippen molar-refractivity contribution in [3.63, 3.8) is 0 Å². The summed E-state index contributed by atoms with van der Waals surface area (Å²) in [5.41, 5.74) is 0.233. The molecule has 0 bridgehead atoms. The van der Waals surface area contributed by atoms with E-state index < -0.39 is 30.3 Å². The molecule has 1 N–H and O–H groups in total. The molecule has 1 aromatic rings. The van der Waals surface area contributed by atoms with E-state index in [2.05, 4.69) is 0 Å². The molecule has 19 heavy (non-hydrogen) atoms. The van der Waals surface area contributed by atoms with Crippen LogP contribution in [0, 0.1) is 0 Å². The zero-order valence-corrected chi connectivity index (χ0v) is 17.0. The number of hydrogen-bond acceptors (Lipinski definition) is 5. The van der Waals surface area contributed by atoms with Gasteiger partial charge in [-0.25, -0.2) is 0 Å². The quantitative estimate of drug-likeness (QED) is 0.543. The summed E-state index contributed by atoms with van der Waals surface area (Å²) in [6.45, 7) is 0. The van der Waals surface area contributed by atoms with Crippen LogP contribution in [0.15, 0.2) is 30.3 Å². The maximum atomic E-state index is 11.5. The molecule has 1 rings (SSSR count). The molecule has 0 aliphatic heterocycles. The molecule has 8 heteroatoms. The molecule has 0 radical (unpaired) electrons. The van der Waals surface area contributed by atoms with Crippen molar-refractivity contribution < 1.29 is 127 Å². The van der Waals surface area contributed by atoms with Crippen LogP contribution in [0.1, 0.15) is 16.8 Å². The van der Waals surface area contributed by atoms with Gasteiger partial charge in [0.15, 0.2) is 0 Å². The minimum atomic E-state index is -1.67. The number of aliphatic carboxylic acids is 2. The fourth-order valence-corrected chi connectivity index (χ4v) is 1.19. The van der Waals surface area contributed by atoms with Gasteiger partial charge < -0.3 is 25.1 Å². The van der Waals surface area contributed by atoms with Gasteiger partial charge in [0.05, 0.1) is 12.0 Å². The van der Waals surface area contributed by atoms with Crippen LogP contribution in [0.4, 0.5) is 0 Å². The summed E-state index contributed by atoms with van der Waals surface area (Å²) in [5, 5.41) is 22.9. The molecular formula is C11H9K2NO5. The van der Waals surface area contributed by atoms with E-state index in [-0.39, 0.29) is 108 Å². The van der Waals surface area contributed by atoms with Gasteiger partial charge in [-0.3, -0.25) is 4.79 Å². The number of benzene rings is 1. The zero-order chi connectivity index (χ0) is 12.8. The zero-order valence-electron chi connectivity index (χ0n) is 10.7. The van der Waals surface area contributed by atoms with E-state index in [0.717, 1.165) is 0 Å². The minimum Gasteiger partial charge on any atom is -0.550 e. The van der Waals surface area contributed by atoms with Gasteiger partial charge in [-0.2, -0.15) is 0 Å². The number of carboxylic acids is 2. The summed E-state index contributed by atoms with van der Waals surface area (Å²) in [6, 6.07) is 6.23. The first-order chi connectivity index (χ1) is 8.00. The van der Waals surface area contributed by atoms with Gasteiger partial charge in [0.1, 0.15) is 0 Å². The predicted octanol–water partition coefficient (Wildman–Crippen LogP) is -8.32. The number of carbonyl (C=O) groups is 3. The van der Waals surface area contributed by atoms with Crippen LogP contribution in [0.3, 0.4) is 0 Å². The molecule has 0 saturated heterocycles. The molecule has 0 spiro atoms. The maximum Gasteiger partial charge on any atom is 1.00 e. The number of carboxylic acid groups (broad SMARTS) is 2. The molecule has 0 saturated carbocycles. The van der Waals surface area contributed by atoms with Crippen molar-refractivity contribution in [1.82, 2.24) is 5.32 Å². The molecule has 0 aliphatic carbocycles. The van der Waals surface area contributed by atoms with Crippen molar-refractivity contribution in [1.29, 1.82) is 0 Å². The Hall–Kier alpha value is 0.903. The largest absolute Gasteiger partial charge is 1.00 e. The molecule has 6 nitrogen and oxygen atoms in total. The fourth-order valence-electron chi connectivity index (χ4n) is 1.19. The standard InChI is InChI=1S/C11H11NO5.2K/c13-9(14)6-8(11(16)17)12-10(15)7-4-2-1-3-5-7;;/h1-5,8H,6H2,(H,12,15)(H,13,14)(H,16,17);;/q;2*+1/p-2. The Labute approximate surface area is 195 Å². The summed E-state index contributed by atoms with van der Waals surface area (Å²) >= 11 is 0. The predicted molar refractivity (Wildman–Crippen MR) is 52.3 cm³/mol. The van der Waals surface area contributed by atoms with Crippen molar-refractivity contribution in [2.75, 3.05) is 0 Å². The summed E-state index contributed by atoms with van der Waals surface area (Å²) in [4.78, 5) is 32.4. The van der Waals surface area contributed by atoms with E-state index in [9.17, 15) is 24.6 Å². The number of hydrogen-bond donors (Lipinski definition) is 1. The smallest absolute Gasteiger partial charge is 0.550 e. The Bertz CT molecular complexity index is 438. The molecule has 1 unspecified atom stereocenters. The average Bonchev–Trinajstić information content (AvgIpc) is 2.28. The topological polar surface area (TPSA) is 109 Å². The molecule has 0 aliphatic rings. The number of amides is 1. The molecule has 90 valence electrons. The number of carbonyl (C=O) groups excluding carboxylic acids is 3. The van der Waals surface area contributed by atoms with Crippen LogP contribution < -0.4 is 118 Å². The van der Waals surface area contributed by atoms with Crippen molar-refractivity contribution >= 4 is 17.8 Å². The molecule has 1 amide bonds. The maximum absolute atomic E-state index is 11.5. The third kappa shape index (κ3) is 8.71.